The molecule has 1 aromatic rings. The Morgan fingerprint density at radius 2 is 1.95 bits per heavy atom. The van der Waals surface area contributed by atoms with E-state index in [9.17, 15) is 9.59 Å². The lowest BCUT2D eigenvalue weighted by Gasteiger charge is -2.34. The third-order valence-corrected chi connectivity index (χ3v) is 4.99. The van der Waals surface area contributed by atoms with Crippen molar-refractivity contribution in [2.75, 3.05) is 13.6 Å². The molecular formula is C17H21ClN2O2. The molecule has 1 aliphatic carbocycles. The molecule has 0 bridgehead atoms. The van der Waals surface area contributed by atoms with Crippen molar-refractivity contribution in [2.45, 2.75) is 37.6 Å². The molecule has 2 aliphatic rings. The summed E-state index contributed by atoms with van der Waals surface area (Å²) in [7, 11) is 1.63. The Kier molecular flexibility index (Phi) is 4.39. The maximum Gasteiger partial charge on any atom is 0.242 e. The predicted octanol–water partition coefficient (Wildman–Crippen LogP) is 2.57. The Balaban J connectivity index is 1.69. The van der Waals surface area contributed by atoms with Gasteiger partial charge in [-0.1, -0.05) is 23.7 Å². The fourth-order valence-corrected chi connectivity index (χ4v) is 3.52. The fourth-order valence-electron chi connectivity index (χ4n) is 3.39. The van der Waals surface area contributed by atoms with Crippen LogP contribution in [0.15, 0.2) is 24.3 Å². The van der Waals surface area contributed by atoms with Gasteiger partial charge in [0, 0.05) is 24.5 Å². The van der Waals surface area contributed by atoms with Crippen LogP contribution in [0.4, 0.5) is 0 Å². The van der Waals surface area contributed by atoms with Gasteiger partial charge in [0.25, 0.3) is 0 Å². The molecule has 5 heteroatoms. The van der Waals surface area contributed by atoms with Crippen molar-refractivity contribution < 1.29 is 9.59 Å². The molecule has 0 radical (unpaired) electrons. The van der Waals surface area contributed by atoms with Gasteiger partial charge in [0.1, 0.15) is 6.04 Å². The van der Waals surface area contributed by atoms with Crippen molar-refractivity contribution in [2.24, 2.45) is 5.92 Å². The van der Waals surface area contributed by atoms with Gasteiger partial charge in [-0.05, 0) is 49.3 Å². The second-order valence-electron chi connectivity index (χ2n) is 6.16. The van der Waals surface area contributed by atoms with E-state index in [0.717, 1.165) is 31.2 Å². The van der Waals surface area contributed by atoms with Gasteiger partial charge in [-0.3, -0.25) is 9.59 Å². The van der Waals surface area contributed by atoms with E-state index in [-0.39, 0.29) is 29.7 Å². The maximum atomic E-state index is 12.8. The Bertz CT molecular complexity index is 573. The van der Waals surface area contributed by atoms with Crippen molar-refractivity contribution in [1.29, 1.82) is 0 Å². The van der Waals surface area contributed by atoms with Crippen LogP contribution in [0.1, 0.15) is 37.2 Å². The van der Waals surface area contributed by atoms with Gasteiger partial charge in [-0.2, -0.15) is 0 Å². The second kappa shape index (κ2) is 6.29. The SMILES string of the molecule is CNC(=O)[C@@H]1CCCCN1C(=O)[C@@H]1C[C@H]1c1ccc(Cl)cc1. The first-order chi connectivity index (χ1) is 10.6. The summed E-state index contributed by atoms with van der Waals surface area (Å²) in [5, 5.41) is 3.39. The highest BCUT2D eigenvalue weighted by Gasteiger charge is 2.47. The topological polar surface area (TPSA) is 49.4 Å². The highest BCUT2D eigenvalue weighted by atomic mass is 35.5. The second-order valence-corrected chi connectivity index (χ2v) is 6.59. The van der Waals surface area contributed by atoms with Crippen LogP contribution in [0.2, 0.25) is 5.02 Å². The number of nitrogens with one attached hydrogen (secondary N) is 1. The quantitative estimate of drug-likeness (QED) is 0.930. The highest BCUT2D eigenvalue weighted by molar-refractivity contribution is 6.30. The number of piperidine rings is 1. The van der Waals surface area contributed by atoms with E-state index in [0.29, 0.717) is 11.6 Å². The van der Waals surface area contributed by atoms with E-state index in [4.69, 9.17) is 11.6 Å². The number of hydrogen-bond donors (Lipinski definition) is 1. The zero-order valence-electron chi connectivity index (χ0n) is 12.7. The zero-order valence-corrected chi connectivity index (χ0v) is 13.5. The van der Waals surface area contributed by atoms with Crippen LogP contribution in [-0.4, -0.2) is 36.3 Å². The summed E-state index contributed by atoms with van der Waals surface area (Å²) < 4.78 is 0. The summed E-state index contributed by atoms with van der Waals surface area (Å²) >= 11 is 5.91. The number of rotatable bonds is 3. The number of carbonyl (C=O) groups excluding carboxylic acids is 2. The summed E-state index contributed by atoms with van der Waals surface area (Å²) in [6.45, 7) is 0.695. The molecule has 118 valence electrons. The van der Waals surface area contributed by atoms with E-state index in [1.54, 1.807) is 11.9 Å². The van der Waals surface area contributed by atoms with Crippen molar-refractivity contribution in [3.8, 4) is 0 Å². The summed E-state index contributed by atoms with van der Waals surface area (Å²) in [4.78, 5) is 26.6. The first-order valence-corrected chi connectivity index (χ1v) is 8.27. The summed E-state index contributed by atoms with van der Waals surface area (Å²) in [6.07, 6.45) is 3.63. The molecule has 4 nitrogen and oxygen atoms in total. The molecule has 1 aromatic carbocycles. The molecule has 0 unspecified atom stereocenters. The first-order valence-electron chi connectivity index (χ1n) is 7.89. The van der Waals surface area contributed by atoms with E-state index in [2.05, 4.69) is 5.32 Å². The molecule has 0 aromatic heterocycles. The predicted molar refractivity (Wildman–Crippen MR) is 85.7 cm³/mol. The molecule has 3 atom stereocenters. The van der Waals surface area contributed by atoms with Gasteiger partial charge >= 0.3 is 0 Å². The number of likely N-dealkylation sites (tertiary alicyclic amines) is 1. The lowest BCUT2D eigenvalue weighted by Crippen LogP contribution is -2.51. The van der Waals surface area contributed by atoms with Gasteiger partial charge in [0.2, 0.25) is 11.8 Å². The number of amides is 2. The zero-order chi connectivity index (χ0) is 15.7. The standard InChI is InChI=1S/C17H21ClN2O2/c1-19-16(21)15-4-2-3-9-20(15)17(22)14-10-13(14)11-5-7-12(18)8-6-11/h5-8,13-15H,2-4,9-10H2,1H3,(H,19,21)/t13-,14+,15-/m0/s1. The normalized spacial score (nSPS) is 27.4. The van der Waals surface area contributed by atoms with Crippen LogP contribution in [0.5, 0.6) is 0 Å². The third-order valence-electron chi connectivity index (χ3n) is 4.74. The average Bonchev–Trinajstić information content (AvgIpc) is 3.34. The number of halogens is 1. The van der Waals surface area contributed by atoms with Crippen LogP contribution < -0.4 is 5.32 Å². The van der Waals surface area contributed by atoms with Gasteiger partial charge in [0.15, 0.2) is 0 Å². The summed E-state index contributed by atoms with van der Waals surface area (Å²) in [5.74, 6) is 0.383. The highest BCUT2D eigenvalue weighted by Crippen LogP contribution is 2.49. The number of benzene rings is 1. The lowest BCUT2D eigenvalue weighted by molar-refractivity contribution is -0.143. The van der Waals surface area contributed by atoms with E-state index >= 15 is 0 Å². The molecule has 22 heavy (non-hydrogen) atoms. The van der Waals surface area contributed by atoms with Gasteiger partial charge in [-0.15, -0.1) is 0 Å². The minimum Gasteiger partial charge on any atom is -0.357 e. The third kappa shape index (κ3) is 2.98. The maximum absolute atomic E-state index is 12.8. The molecule has 1 saturated carbocycles. The largest absolute Gasteiger partial charge is 0.357 e. The molecule has 1 heterocycles. The monoisotopic (exact) mass is 320 g/mol. The van der Waals surface area contributed by atoms with Crippen molar-refractivity contribution in [1.82, 2.24) is 10.2 Å². The molecule has 1 saturated heterocycles. The van der Waals surface area contributed by atoms with Crippen molar-refractivity contribution in [3.05, 3.63) is 34.9 Å². The molecular weight excluding hydrogens is 300 g/mol. The number of likely N-dealkylation sites (N-methyl/N-ethyl adjacent to an activating group) is 1. The lowest BCUT2D eigenvalue weighted by atomic mass is 10.00. The Labute approximate surface area is 135 Å². The van der Waals surface area contributed by atoms with E-state index < -0.39 is 0 Å². The summed E-state index contributed by atoms with van der Waals surface area (Å²) in [5.41, 5.74) is 1.16. The van der Waals surface area contributed by atoms with Crippen molar-refractivity contribution >= 4 is 23.4 Å². The molecule has 3 rings (SSSR count). The molecule has 2 amide bonds. The minimum atomic E-state index is -0.294. The number of carbonyl (C=O) groups is 2. The van der Waals surface area contributed by atoms with Crippen LogP contribution in [0.25, 0.3) is 0 Å². The Hall–Kier alpha value is -1.55. The first kappa shape index (κ1) is 15.3. The van der Waals surface area contributed by atoms with Crippen LogP contribution in [-0.2, 0) is 9.59 Å². The Morgan fingerprint density at radius 3 is 2.64 bits per heavy atom. The molecule has 2 fully saturated rings. The smallest absolute Gasteiger partial charge is 0.242 e. The van der Waals surface area contributed by atoms with Crippen LogP contribution in [0, 0.1) is 5.92 Å². The van der Waals surface area contributed by atoms with Crippen LogP contribution in [0.3, 0.4) is 0 Å². The number of nitrogens with zero attached hydrogens (tertiary/aromatic N) is 1. The van der Waals surface area contributed by atoms with Crippen molar-refractivity contribution in [3.63, 3.8) is 0 Å². The van der Waals surface area contributed by atoms with Gasteiger partial charge in [-0.25, -0.2) is 0 Å². The van der Waals surface area contributed by atoms with E-state index in [1.165, 1.54) is 0 Å². The summed E-state index contributed by atoms with van der Waals surface area (Å²) in [6, 6.07) is 7.42. The average molecular weight is 321 g/mol. The fraction of sp³-hybridized carbons (Fsp3) is 0.529. The molecule has 0 spiro atoms. The number of hydrogen-bond acceptors (Lipinski definition) is 2. The van der Waals surface area contributed by atoms with Gasteiger partial charge in [0.05, 0.1) is 0 Å². The molecule has 1 N–H and O–H groups in total. The molecule has 1 aliphatic heterocycles. The Morgan fingerprint density at radius 1 is 1.23 bits per heavy atom. The minimum absolute atomic E-state index is 0.0198. The van der Waals surface area contributed by atoms with Crippen LogP contribution >= 0.6 is 11.6 Å². The van der Waals surface area contributed by atoms with E-state index in [1.807, 2.05) is 24.3 Å². The van der Waals surface area contributed by atoms with Gasteiger partial charge < -0.3 is 10.2 Å².